The van der Waals surface area contributed by atoms with E-state index in [1.165, 1.54) is 12.6 Å². The van der Waals surface area contributed by atoms with Gasteiger partial charge in [0.25, 0.3) is 0 Å². The highest BCUT2D eigenvalue weighted by atomic mass is 16.5. The van der Waals surface area contributed by atoms with E-state index < -0.39 is 5.60 Å². The Kier molecular flexibility index (Phi) is 5.24. The van der Waals surface area contributed by atoms with Crippen LogP contribution in [0.15, 0.2) is 24.3 Å². The number of hydrogen-bond acceptors (Lipinski definition) is 5. The molecule has 7 nitrogen and oxygen atoms in total. The zero-order chi connectivity index (χ0) is 17.9. The second kappa shape index (κ2) is 7.41. The molecule has 2 heterocycles. The number of rotatable bonds is 4. The van der Waals surface area contributed by atoms with Gasteiger partial charge in [0.2, 0.25) is 11.8 Å². The summed E-state index contributed by atoms with van der Waals surface area (Å²) in [5, 5.41) is 13.2. The second-order valence-electron chi connectivity index (χ2n) is 6.74. The molecule has 1 aromatic rings. The number of nitrogens with one attached hydrogen (secondary N) is 1. The van der Waals surface area contributed by atoms with Crippen molar-refractivity contribution >= 4 is 17.5 Å². The normalized spacial score (nSPS) is 23.1. The second-order valence-corrected chi connectivity index (χ2v) is 6.74. The van der Waals surface area contributed by atoms with Crippen molar-refractivity contribution < 1.29 is 19.4 Å². The number of carbonyl (C=O) groups excluding carboxylic acids is 2. The summed E-state index contributed by atoms with van der Waals surface area (Å²) in [6.07, 6.45) is 0.854. The quantitative estimate of drug-likeness (QED) is 0.787. The van der Waals surface area contributed by atoms with E-state index >= 15 is 0 Å². The number of amides is 2. The molecular formula is C18H25N3O4. The summed E-state index contributed by atoms with van der Waals surface area (Å²) in [4.78, 5) is 28.1. The van der Waals surface area contributed by atoms with Gasteiger partial charge in [-0.1, -0.05) is 18.2 Å². The number of hydrogen-bond donors (Lipinski definition) is 2. The summed E-state index contributed by atoms with van der Waals surface area (Å²) in [7, 11) is 1.52. The highest BCUT2D eigenvalue weighted by molar-refractivity contribution is 5.83. The third-order valence-electron chi connectivity index (χ3n) is 4.79. The Morgan fingerprint density at radius 3 is 2.92 bits per heavy atom. The fourth-order valence-electron chi connectivity index (χ4n) is 3.46. The zero-order valence-electron chi connectivity index (χ0n) is 14.5. The number of β-amino-alcohol motifs (C(OH)–C–C–N with tert-alkyl or cyclic N) is 1. The van der Waals surface area contributed by atoms with Crippen molar-refractivity contribution in [1.29, 1.82) is 0 Å². The molecule has 2 N–H and O–H groups in total. The molecule has 2 aliphatic rings. The lowest BCUT2D eigenvalue weighted by molar-refractivity contribution is -0.136. The first-order valence-electron chi connectivity index (χ1n) is 8.62. The third-order valence-corrected chi connectivity index (χ3v) is 4.79. The summed E-state index contributed by atoms with van der Waals surface area (Å²) in [6.45, 7) is 2.03. The van der Waals surface area contributed by atoms with Gasteiger partial charge in [-0.15, -0.1) is 0 Å². The molecule has 0 aliphatic carbocycles. The van der Waals surface area contributed by atoms with Gasteiger partial charge in [0, 0.05) is 25.8 Å². The molecule has 25 heavy (non-hydrogen) atoms. The number of para-hydroxylation sites is 1. The van der Waals surface area contributed by atoms with Gasteiger partial charge in [-0.2, -0.15) is 0 Å². The van der Waals surface area contributed by atoms with Crippen molar-refractivity contribution in [1.82, 2.24) is 10.2 Å². The molecular weight excluding hydrogens is 322 g/mol. The molecule has 0 unspecified atom stereocenters. The van der Waals surface area contributed by atoms with Gasteiger partial charge in [-0.25, -0.2) is 0 Å². The molecule has 0 aromatic heterocycles. The monoisotopic (exact) mass is 347 g/mol. The van der Waals surface area contributed by atoms with E-state index in [0.717, 1.165) is 18.7 Å². The molecule has 0 spiro atoms. The van der Waals surface area contributed by atoms with E-state index in [1.807, 2.05) is 18.2 Å². The van der Waals surface area contributed by atoms with Crippen LogP contribution in [0.25, 0.3) is 0 Å². The first-order valence-corrected chi connectivity index (χ1v) is 8.62. The maximum absolute atomic E-state index is 12.8. The van der Waals surface area contributed by atoms with Crippen LogP contribution in [0.2, 0.25) is 0 Å². The number of benzene rings is 1. The molecule has 3 rings (SSSR count). The van der Waals surface area contributed by atoms with Crippen molar-refractivity contribution in [3.63, 3.8) is 0 Å². The lowest BCUT2D eigenvalue weighted by Crippen LogP contribution is -2.50. The minimum absolute atomic E-state index is 0.0523. The lowest BCUT2D eigenvalue weighted by Gasteiger charge is -2.31. The molecule has 2 aliphatic heterocycles. The maximum atomic E-state index is 12.8. The smallest absolute Gasteiger partial charge is 0.242 e. The molecule has 0 radical (unpaired) electrons. The number of anilines is 1. The van der Waals surface area contributed by atoms with Crippen LogP contribution in [0.4, 0.5) is 5.69 Å². The first kappa shape index (κ1) is 17.7. The van der Waals surface area contributed by atoms with Gasteiger partial charge in [0.1, 0.15) is 5.60 Å². The Bertz CT molecular complexity index is 651. The number of ether oxygens (including phenoxy) is 1. The first-order chi connectivity index (χ1) is 12.0. The minimum atomic E-state index is -1.35. The molecule has 2 amide bonds. The van der Waals surface area contributed by atoms with Gasteiger partial charge in [-0.05, 0) is 18.1 Å². The third kappa shape index (κ3) is 4.11. The summed E-state index contributed by atoms with van der Waals surface area (Å²) in [5.74, 6) is -0.327. The Hall–Kier alpha value is -2.12. The van der Waals surface area contributed by atoms with E-state index in [0.29, 0.717) is 13.2 Å². The Balaban J connectivity index is 1.66. The van der Waals surface area contributed by atoms with E-state index in [1.54, 1.807) is 4.90 Å². The summed E-state index contributed by atoms with van der Waals surface area (Å²) >= 11 is 0. The molecule has 0 saturated carbocycles. The number of fused-ring (bicyclic) bond motifs is 1. The SMILES string of the molecule is CNC(=O)C[C@@]1(O)COCCN(C(=O)CN2CCc3ccccc32)C1. The highest BCUT2D eigenvalue weighted by Gasteiger charge is 2.36. The van der Waals surface area contributed by atoms with Crippen LogP contribution in [0, 0.1) is 0 Å². The van der Waals surface area contributed by atoms with Crippen molar-refractivity contribution in [3.05, 3.63) is 29.8 Å². The summed E-state index contributed by atoms with van der Waals surface area (Å²) < 4.78 is 5.42. The number of carbonyl (C=O) groups is 2. The van der Waals surface area contributed by atoms with E-state index in [9.17, 15) is 14.7 Å². The highest BCUT2D eigenvalue weighted by Crippen LogP contribution is 2.27. The number of aliphatic hydroxyl groups is 1. The zero-order valence-corrected chi connectivity index (χ0v) is 14.5. The minimum Gasteiger partial charge on any atom is -0.385 e. The van der Waals surface area contributed by atoms with Crippen molar-refractivity contribution in [2.75, 3.05) is 51.3 Å². The predicted octanol–water partition coefficient (Wildman–Crippen LogP) is -0.225. The van der Waals surface area contributed by atoms with Gasteiger partial charge in [0.15, 0.2) is 0 Å². The number of nitrogens with zero attached hydrogens (tertiary/aromatic N) is 2. The van der Waals surface area contributed by atoms with E-state index in [-0.39, 0.29) is 37.9 Å². The average molecular weight is 347 g/mol. The van der Waals surface area contributed by atoms with Crippen molar-refractivity contribution in [3.8, 4) is 0 Å². The topological polar surface area (TPSA) is 82.1 Å². The van der Waals surface area contributed by atoms with Crippen molar-refractivity contribution in [2.45, 2.75) is 18.4 Å². The van der Waals surface area contributed by atoms with Crippen LogP contribution in [-0.4, -0.2) is 73.9 Å². The van der Waals surface area contributed by atoms with Crippen LogP contribution in [0.5, 0.6) is 0 Å². The van der Waals surface area contributed by atoms with Crippen LogP contribution in [-0.2, 0) is 20.7 Å². The molecule has 7 heteroatoms. The van der Waals surface area contributed by atoms with Gasteiger partial charge >= 0.3 is 0 Å². The molecule has 1 aromatic carbocycles. The Morgan fingerprint density at radius 2 is 2.12 bits per heavy atom. The predicted molar refractivity (Wildman–Crippen MR) is 93.4 cm³/mol. The summed E-state index contributed by atoms with van der Waals surface area (Å²) in [5.41, 5.74) is 1.00. The van der Waals surface area contributed by atoms with Gasteiger partial charge < -0.3 is 25.0 Å². The fourth-order valence-corrected chi connectivity index (χ4v) is 3.46. The van der Waals surface area contributed by atoms with Crippen molar-refractivity contribution in [2.24, 2.45) is 0 Å². The average Bonchev–Trinajstić information content (AvgIpc) is 2.89. The Morgan fingerprint density at radius 1 is 1.32 bits per heavy atom. The summed E-state index contributed by atoms with van der Waals surface area (Å²) in [6, 6.07) is 8.10. The molecule has 1 saturated heterocycles. The van der Waals surface area contributed by atoms with Gasteiger partial charge in [0.05, 0.1) is 32.7 Å². The van der Waals surface area contributed by atoms with Crippen LogP contribution in [0.1, 0.15) is 12.0 Å². The lowest BCUT2D eigenvalue weighted by atomic mass is 9.99. The largest absolute Gasteiger partial charge is 0.385 e. The van der Waals surface area contributed by atoms with Crippen LogP contribution < -0.4 is 10.2 Å². The van der Waals surface area contributed by atoms with E-state index in [4.69, 9.17) is 4.74 Å². The molecule has 1 atom stereocenters. The molecule has 1 fully saturated rings. The van der Waals surface area contributed by atoms with Gasteiger partial charge in [-0.3, -0.25) is 9.59 Å². The molecule has 0 bridgehead atoms. The standard InChI is InChI=1S/C18H25N3O4/c1-19-16(22)10-18(24)12-21(8-9-25-13-18)17(23)11-20-7-6-14-4-2-3-5-15(14)20/h2-5,24H,6-13H2,1H3,(H,19,22)/t18-/m0/s1. The molecule has 136 valence electrons. The van der Waals surface area contributed by atoms with Crippen LogP contribution >= 0.6 is 0 Å². The van der Waals surface area contributed by atoms with Crippen LogP contribution in [0.3, 0.4) is 0 Å². The fraction of sp³-hybridized carbons (Fsp3) is 0.556. The Labute approximate surface area is 147 Å². The maximum Gasteiger partial charge on any atom is 0.242 e. The van der Waals surface area contributed by atoms with E-state index in [2.05, 4.69) is 16.3 Å².